The second-order valence-corrected chi connectivity index (χ2v) is 5.59. The van der Waals surface area contributed by atoms with Gasteiger partial charge < -0.3 is 5.32 Å². The maximum absolute atomic E-state index is 14.0. The van der Waals surface area contributed by atoms with Gasteiger partial charge in [0, 0.05) is 30.6 Å². The molecule has 3 aromatic rings. The minimum atomic E-state index is -0.527. The Bertz CT molecular complexity index is 925. The molecule has 3 rings (SSSR count). The molecule has 0 aliphatic carbocycles. The second-order valence-electron chi connectivity index (χ2n) is 5.20. The van der Waals surface area contributed by atoms with Gasteiger partial charge in [0.2, 0.25) is 0 Å². The SMILES string of the molecule is Cc1cc(-c2cc(Cl)ncc2F)cc(C(=O)Nc2ccn(C)n2)n1. The van der Waals surface area contributed by atoms with Crippen molar-refractivity contribution in [1.82, 2.24) is 19.7 Å². The Kier molecular flexibility index (Phi) is 4.26. The van der Waals surface area contributed by atoms with Gasteiger partial charge in [0.15, 0.2) is 5.82 Å². The lowest BCUT2D eigenvalue weighted by atomic mass is 10.1. The Morgan fingerprint density at radius 3 is 2.83 bits per heavy atom. The summed E-state index contributed by atoms with van der Waals surface area (Å²) in [4.78, 5) is 20.2. The molecule has 8 heteroatoms. The third-order valence-corrected chi connectivity index (χ3v) is 3.48. The summed E-state index contributed by atoms with van der Waals surface area (Å²) >= 11 is 5.84. The van der Waals surface area contributed by atoms with Crippen LogP contribution in [0.2, 0.25) is 5.15 Å². The highest BCUT2D eigenvalue weighted by Gasteiger charge is 2.14. The van der Waals surface area contributed by atoms with Gasteiger partial charge in [-0.1, -0.05) is 11.6 Å². The Balaban J connectivity index is 1.96. The van der Waals surface area contributed by atoms with Crippen LogP contribution < -0.4 is 5.32 Å². The number of hydrogen-bond acceptors (Lipinski definition) is 4. The number of aryl methyl sites for hydroxylation is 2. The molecule has 0 spiro atoms. The first-order chi connectivity index (χ1) is 11.4. The highest BCUT2D eigenvalue weighted by Crippen LogP contribution is 2.26. The van der Waals surface area contributed by atoms with Gasteiger partial charge in [0.1, 0.15) is 16.7 Å². The lowest BCUT2D eigenvalue weighted by molar-refractivity contribution is 0.102. The molecule has 0 fully saturated rings. The molecule has 0 aromatic carbocycles. The Hall–Kier alpha value is -2.80. The summed E-state index contributed by atoms with van der Waals surface area (Å²) in [6, 6.07) is 6.25. The lowest BCUT2D eigenvalue weighted by Crippen LogP contribution is -2.15. The van der Waals surface area contributed by atoms with E-state index in [2.05, 4.69) is 20.4 Å². The maximum Gasteiger partial charge on any atom is 0.275 e. The lowest BCUT2D eigenvalue weighted by Gasteiger charge is -2.08. The number of aromatic nitrogens is 4. The van der Waals surface area contributed by atoms with Crippen molar-refractivity contribution in [3.63, 3.8) is 0 Å². The smallest absolute Gasteiger partial charge is 0.275 e. The number of carbonyl (C=O) groups excluding carboxylic acids is 1. The number of amides is 1. The number of carbonyl (C=O) groups is 1. The Morgan fingerprint density at radius 2 is 2.12 bits per heavy atom. The predicted octanol–water partition coefficient (Wildman–Crippen LogP) is 3.23. The highest BCUT2D eigenvalue weighted by molar-refractivity contribution is 6.29. The van der Waals surface area contributed by atoms with Gasteiger partial charge >= 0.3 is 0 Å². The average Bonchev–Trinajstić information content (AvgIpc) is 2.94. The van der Waals surface area contributed by atoms with Crippen LogP contribution in [0, 0.1) is 12.7 Å². The summed E-state index contributed by atoms with van der Waals surface area (Å²) in [7, 11) is 1.74. The molecule has 0 aliphatic rings. The molecule has 1 amide bonds. The summed E-state index contributed by atoms with van der Waals surface area (Å²) in [6.45, 7) is 1.72. The highest BCUT2D eigenvalue weighted by atomic mass is 35.5. The van der Waals surface area contributed by atoms with Crippen molar-refractivity contribution in [1.29, 1.82) is 0 Å². The molecule has 0 unspecified atom stereocenters. The number of hydrogen-bond donors (Lipinski definition) is 1. The molecular weight excluding hydrogens is 333 g/mol. The van der Waals surface area contributed by atoms with E-state index in [4.69, 9.17) is 11.6 Å². The standard InChI is InChI=1S/C16H13ClFN5O/c1-9-5-10(11-7-14(17)19-8-12(11)18)6-13(20-9)16(24)21-15-3-4-23(2)22-15/h3-8H,1-2H3,(H,21,22,24). The fraction of sp³-hybridized carbons (Fsp3) is 0.125. The molecule has 0 atom stereocenters. The molecule has 0 aliphatic heterocycles. The Morgan fingerprint density at radius 1 is 1.33 bits per heavy atom. The molecule has 3 aromatic heterocycles. The van der Waals surface area contributed by atoms with E-state index >= 15 is 0 Å². The van der Waals surface area contributed by atoms with Crippen LogP contribution in [0.4, 0.5) is 10.2 Å². The molecule has 122 valence electrons. The van der Waals surface area contributed by atoms with Crippen molar-refractivity contribution in [2.75, 3.05) is 5.32 Å². The van der Waals surface area contributed by atoms with Gasteiger partial charge in [-0.25, -0.2) is 14.4 Å². The van der Waals surface area contributed by atoms with Gasteiger partial charge in [-0.05, 0) is 30.7 Å². The van der Waals surface area contributed by atoms with Crippen LogP contribution in [0.3, 0.4) is 0 Å². The molecule has 6 nitrogen and oxygen atoms in total. The largest absolute Gasteiger partial charge is 0.304 e. The van der Waals surface area contributed by atoms with Crippen molar-refractivity contribution in [3.05, 3.63) is 59.0 Å². The Labute approximate surface area is 142 Å². The van der Waals surface area contributed by atoms with Crippen LogP contribution in [0.1, 0.15) is 16.2 Å². The normalized spacial score (nSPS) is 10.7. The van der Waals surface area contributed by atoms with E-state index in [0.717, 1.165) is 6.20 Å². The van der Waals surface area contributed by atoms with Gasteiger partial charge in [-0.3, -0.25) is 9.48 Å². The third kappa shape index (κ3) is 3.41. The molecule has 3 heterocycles. The van der Waals surface area contributed by atoms with E-state index in [-0.39, 0.29) is 16.4 Å². The molecule has 24 heavy (non-hydrogen) atoms. The average molecular weight is 346 g/mol. The molecule has 0 saturated heterocycles. The summed E-state index contributed by atoms with van der Waals surface area (Å²) < 4.78 is 15.6. The number of nitrogens with one attached hydrogen (secondary N) is 1. The quantitative estimate of drug-likeness (QED) is 0.740. The van der Waals surface area contributed by atoms with Gasteiger partial charge in [-0.2, -0.15) is 5.10 Å². The van der Waals surface area contributed by atoms with Crippen LogP contribution in [0.15, 0.2) is 36.7 Å². The topological polar surface area (TPSA) is 72.7 Å². The summed E-state index contributed by atoms with van der Waals surface area (Å²) in [5.41, 5.74) is 1.48. The number of pyridine rings is 2. The van der Waals surface area contributed by atoms with E-state index in [9.17, 15) is 9.18 Å². The first kappa shape index (κ1) is 16.1. The van der Waals surface area contributed by atoms with Gasteiger partial charge in [-0.15, -0.1) is 0 Å². The van der Waals surface area contributed by atoms with Crippen LogP contribution >= 0.6 is 11.6 Å². The molecule has 0 bridgehead atoms. The van der Waals surface area contributed by atoms with Crippen molar-refractivity contribution in [3.8, 4) is 11.1 Å². The van der Waals surface area contributed by atoms with E-state index < -0.39 is 11.7 Å². The minimum Gasteiger partial charge on any atom is -0.304 e. The number of halogens is 2. The van der Waals surface area contributed by atoms with Crippen molar-refractivity contribution < 1.29 is 9.18 Å². The van der Waals surface area contributed by atoms with Gasteiger partial charge in [0.25, 0.3) is 5.91 Å². The first-order valence-electron chi connectivity index (χ1n) is 7.03. The van der Waals surface area contributed by atoms with Crippen LogP contribution in [0.5, 0.6) is 0 Å². The van der Waals surface area contributed by atoms with E-state index in [1.54, 1.807) is 37.0 Å². The van der Waals surface area contributed by atoms with E-state index in [1.165, 1.54) is 12.1 Å². The predicted molar refractivity (Wildman–Crippen MR) is 88.3 cm³/mol. The van der Waals surface area contributed by atoms with Crippen molar-refractivity contribution >= 4 is 23.3 Å². The third-order valence-electron chi connectivity index (χ3n) is 3.27. The number of anilines is 1. The zero-order valence-corrected chi connectivity index (χ0v) is 13.7. The number of rotatable bonds is 3. The fourth-order valence-corrected chi connectivity index (χ4v) is 2.39. The van der Waals surface area contributed by atoms with Crippen LogP contribution in [-0.2, 0) is 7.05 Å². The summed E-state index contributed by atoms with van der Waals surface area (Å²) in [6.07, 6.45) is 2.75. The monoisotopic (exact) mass is 345 g/mol. The van der Waals surface area contributed by atoms with Crippen molar-refractivity contribution in [2.45, 2.75) is 6.92 Å². The van der Waals surface area contributed by atoms with Crippen LogP contribution in [-0.4, -0.2) is 25.7 Å². The molecule has 0 radical (unpaired) electrons. The zero-order chi connectivity index (χ0) is 17.3. The molecular formula is C16H13ClFN5O. The first-order valence-corrected chi connectivity index (χ1v) is 7.41. The maximum atomic E-state index is 14.0. The van der Waals surface area contributed by atoms with E-state index in [0.29, 0.717) is 17.1 Å². The summed E-state index contributed by atoms with van der Waals surface area (Å²) in [5.74, 6) is -0.550. The van der Waals surface area contributed by atoms with Crippen LogP contribution in [0.25, 0.3) is 11.1 Å². The molecule has 1 N–H and O–H groups in total. The number of nitrogens with zero attached hydrogens (tertiary/aromatic N) is 4. The van der Waals surface area contributed by atoms with Gasteiger partial charge in [0.05, 0.1) is 6.20 Å². The molecule has 0 saturated carbocycles. The second kappa shape index (κ2) is 6.37. The zero-order valence-electron chi connectivity index (χ0n) is 12.9. The fourth-order valence-electron chi connectivity index (χ4n) is 2.24. The van der Waals surface area contributed by atoms with Crippen molar-refractivity contribution in [2.24, 2.45) is 7.05 Å². The summed E-state index contributed by atoms with van der Waals surface area (Å²) in [5, 5.41) is 6.89. The minimum absolute atomic E-state index is 0.156. The van der Waals surface area contributed by atoms with E-state index in [1.807, 2.05) is 0 Å².